The second-order valence-electron chi connectivity index (χ2n) is 6.93. The average molecular weight is 344 g/mol. The van der Waals surface area contributed by atoms with Gasteiger partial charge in [-0.3, -0.25) is 4.90 Å². The molecule has 4 heterocycles. The van der Waals surface area contributed by atoms with Crippen LogP contribution in [-0.4, -0.2) is 46.0 Å². The largest absolute Gasteiger partial charge is 0.341 e. The standard InChI is InChI=1S/C18H25N5S/c1-14-11-20-17(24-14)15-5-4-8-22(12-15)13-16-6-7-19-18(21-16)23-9-2-3-10-23/h6-7,11,15H,2-5,8-10,12-13H2,1H3. The van der Waals surface area contributed by atoms with Gasteiger partial charge in [0.2, 0.25) is 5.95 Å². The number of anilines is 1. The number of piperidine rings is 1. The van der Waals surface area contributed by atoms with E-state index in [1.54, 1.807) is 0 Å². The molecule has 24 heavy (non-hydrogen) atoms. The maximum atomic E-state index is 4.81. The molecule has 1 unspecified atom stereocenters. The minimum absolute atomic E-state index is 0.581. The SMILES string of the molecule is Cc1cnc(C2CCCN(Cc3ccnc(N4CCCC4)n3)C2)s1. The van der Waals surface area contributed by atoms with Crippen molar-refractivity contribution in [2.75, 3.05) is 31.1 Å². The first-order chi connectivity index (χ1) is 11.8. The van der Waals surface area contributed by atoms with E-state index in [2.05, 4.69) is 32.8 Å². The van der Waals surface area contributed by atoms with Gasteiger partial charge in [0, 0.05) is 49.4 Å². The van der Waals surface area contributed by atoms with E-state index in [1.807, 2.05) is 23.7 Å². The van der Waals surface area contributed by atoms with Gasteiger partial charge in [0.1, 0.15) is 0 Å². The summed E-state index contributed by atoms with van der Waals surface area (Å²) in [5.41, 5.74) is 1.14. The monoisotopic (exact) mass is 343 g/mol. The summed E-state index contributed by atoms with van der Waals surface area (Å²) in [5, 5.41) is 1.30. The molecule has 0 spiro atoms. The average Bonchev–Trinajstić information content (AvgIpc) is 3.27. The molecule has 5 nitrogen and oxygen atoms in total. The molecule has 2 aromatic heterocycles. The molecule has 2 fully saturated rings. The predicted molar refractivity (Wildman–Crippen MR) is 97.6 cm³/mol. The Labute approximate surface area is 147 Å². The summed E-state index contributed by atoms with van der Waals surface area (Å²) >= 11 is 1.85. The van der Waals surface area contributed by atoms with Crippen LogP contribution in [0.1, 0.15) is 47.2 Å². The molecule has 2 aromatic rings. The summed E-state index contributed by atoms with van der Waals surface area (Å²) in [4.78, 5) is 20.0. The Morgan fingerprint density at radius 1 is 1.17 bits per heavy atom. The third kappa shape index (κ3) is 3.59. The number of likely N-dealkylation sites (tertiary alicyclic amines) is 1. The molecule has 0 aliphatic carbocycles. The number of hydrogen-bond acceptors (Lipinski definition) is 6. The van der Waals surface area contributed by atoms with Crippen LogP contribution in [0.5, 0.6) is 0 Å². The first-order valence-corrected chi connectivity index (χ1v) is 9.81. The van der Waals surface area contributed by atoms with E-state index in [4.69, 9.17) is 4.98 Å². The second-order valence-corrected chi connectivity index (χ2v) is 8.19. The molecule has 6 heteroatoms. The Hall–Kier alpha value is -1.53. The fourth-order valence-electron chi connectivity index (χ4n) is 3.73. The van der Waals surface area contributed by atoms with Crippen LogP contribution < -0.4 is 4.90 Å². The minimum atomic E-state index is 0.581. The molecule has 0 amide bonds. The third-order valence-electron chi connectivity index (χ3n) is 4.97. The summed E-state index contributed by atoms with van der Waals surface area (Å²) < 4.78 is 0. The molecule has 0 aromatic carbocycles. The van der Waals surface area contributed by atoms with E-state index in [1.165, 1.54) is 35.6 Å². The number of aryl methyl sites for hydroxylation is 1. The molecule has 2 aliphatic heterocycles. The van der Waals surface area contributed by atoms with Crippen molar-refractivity contribution in [3.8, 4) is 0 Å². The fourth-order valence-corrected chi connectivity index (χ4v) is 4.63. The van der Waals surface area contributed by atoms with Crippen molar-refractivity contribution in [2.45, 2.75) is 45.1 Å². The van der Waals surface area contributed by atoms with Crippen LogP contribution >= 0.6 is 11.3 Å². The van der Waals surface area contributed by atoms with Crippen molar-refractivity contribution in [3.05, 3.63) is 34.0 Å². The molecule has 1 atom stereocenters. The lowest BCUT2D eigenvalue weighted by molar-refractivity contribution is 0.198. The lowest BCUT2D eigenvalue weighted by atomic mass is 9.98. The Balaban J connectivity index is 1.42. The summed E-state index contributed by atoms with van der Waals surface area (Å²) in [6, 6.07) is 2.07. The van der Waals surface area contributed by atoms with E-state index in [-0.39, 0.29) is 0 Å². The maximum absolute atomic E-state index is 4.81. The normalized spacial score (nSPS) is 22.2. The van der Waals surface area contributed by atoms with Gasteiger partial charge in [0.05, 0.1) is 10.7 Å². The molecule has 0 N–H and O–H groups in total. The topological polar surface area (TPSA) is 45.2 Å². The van der Waals surface area contributed by atoms with Crippen molar-refractivity contribution >= 4 is 17.3 Å². The van der Waals surface area contributed by atoms with Gasteiger partial charge in [0.15, 0.2) is 0 Å². The number of nitrogens with zero attached hydrogens (tertiary/aromatic N) is 5. The Morgan fingerprint density at radius 2 is 2.04 bits per heavy atom. The molecule has 0 radical (unpaired) electrons. The first-order valence-electron chi connectivity index (χ1n) is 8.99. The van der Waals surface area contributed by atoms with Gasteiger partial charge in [-0.05, 0) is 45.2 Å². The molecule has 2 aliphatic rings. The Morgan fingerprint density at radius 3 is 2.83 bits per heavy atom. The molecular formula is C18H25N5S. The van der Waals surface area contributed by atoms with Gasteiger partial charge in [0.25, 0.3) is 0 Å². The van der Waals surface area contributed by atoms with Gasteiger partial charge >= 0.3 is 0 Å². The second kappa shape index (κ2) is 7.15. The number of aromatic nitrogens is 3. The van der Waals surface area contributed by atoms with Gasteiger partial charge in [-0.25, -0.2) is 15.0 Å². The molecule has 4 rings (SSSR count). The van der Waals surface area contributed by atoms with Crippen LogP contribution in [0.25, 0.3) is 0 Å². The van der Waals surface area contributed by atoms with Gasteiger partial charge < -0.3 is 4.90 Å². The molecule has 128 valence electrons. The zero-order chi connectivity index (χ0) is 16.4. The van der Waals surface area contributed by atoms with Crippen LogP contribution in [-0.2, 0) is 6.54 Å². The molecule has 2 saturated heterocycles. The maximum Gasteiger partial charge on any atom is 0.225 e. The van der Waals surface area contributed by atoms with Crippen LogP contribution in [0, 0.1) is 6.92 Å². The van der Waals surface area contributed by atoms with Crippen molar-refractivity contribution in [2.24, 2.45) is 0 Å². The summed E-state index contributed by atoms with van der Waals surface area (Å²) in [6.07, 6.45) is 8.94. The highest BCUT2D eigenvalue weighted by Crippen LogP contribution is 2.30. The van der Waals surface area contributed by atoms with Crippen molar-refractivity contribution in [1.29, 1.82) is 0 Å². The summed E-state index contributed by atoms with van der Waals surface area (Å²) in [7, 11) is 0. The lowest BCUT2D eigenvalue weighted by Gasteiger charge is -2.31. The zero-order valence-electron chi connectivity index (χ0n) is 14.3. The van der Waals surface area contributed by atoms with Crippen LogP contribution in [0.2, 0.25) is 0 Å². The zero-order valence-corrected chi connectivity index (χ0v) is 15.1. The molecule has 0 saturated carbocycles. The van der Waals surface area contributed by atoms with E-state index in [9.17, 15) is 0 Å². The lowest BCUT2D eigenvalue weighted by Crippen LogP contribution is -2.34. The third-order valence-corrected chi connectivity index (χ3v) is 6.04. The van der Waals surface area contributed by atoms with E-state index in [0.29, 0.717) is 5.92 Å². The van der Waals surface area contributed by atoms with E-state index in [0.717, 1.165) is 44.4 Å². The first kappa shape index (κ1) is 16.0. The van der Waals surface area contributed by atoms with Crippen LogP contribution in [0.15, 0.2) is 18.5 Å². The quantitative estimate of drug-likeness (QED) is 0.853. The summed E-state index contributed by atoms with van der Waals surface area (Å²) in [6.45, 7) is 7.50. The van der Waals surface area contributed by atoms with Crippen LogP contribution in [0.3, 0.4) is 0 Å². The van der Waals surface area contributed by atoms with Gasteiger partial charge in [-0.15, -0.1) is 11.3 Å². The number of thiazole rings is 1. The highest BCUT2D eigenvalue weighted by molar-refractivity contribution is 7.11. The predicted octanol–water partition coefficient (Wildman–Crippen LogP) is 3.22. The van der Waals surface area contributed by atoms with Gasteiger partial charge in [-0.2, -0.15) is 0 Å². The van der Waals surface area contributed by atoms with Crippen molar-refractivity contribution < 1.29 is 0 Å². The minimum Gasteiger partial charge on any atom is -0.341 e. The highest BCUT2D eigenvalue weighted by atomic mass is 32.1. The molecular weight excluding hydrogens is 318 g/mol. The van der Waals surface area contributed by atoms with Crippen LogP contribution in [0.4, 0.5) is 5.95 Å². The Bertz CT molecular complexity index is 680. The van der Waals surface area contributed by atoms with Crippen molar-refractivity contribution in [1.82, 2.24) is 19.9 Å². The smallest absolute Gasteiger partial charge is 0.225 e. The fraction of sp³-hybridized carbons (Fsp3) is 0.611. The van der Waals surface area contributed by atoms with Crippen molar-refractivity contribution in [3.63, 3.8) is 0 Å². The van der Waals surface area contributed by atoms with E-state index >= 15 is 0 Å². The molecule has 0 bridgehead atoms. The number of rotatable bonds is 4. The summed E-state index contributed by atoms with van der Waals surface area (Å²) in [5.74, 6) is 1.49. The Kier molecular flexibility index (Phi) is 4.76. The van der Waals surface area contributed by atoms with E-state index < -0.39 is 0 Å². The number of hydrogen-bond donors (Lipinski definition) is 0. The highest BCUT2D eigenvalue weighted by Gasteiger charge is 2.24. The van der Waals surface area contributed by atoms with Gasteiger partial charge in [-0.1, -0.05) is 0 Å².